The molecule has 3 nitrogen and oxygen atoms in total. The summed E-state index contributed by atoms with van der Waals surface area (Å²) in [5, 5.41) is 7.73. The van der Waals surface area contributed by atoms with Gasteiger partial charge in [-0.05, 0) is 55.2 Å². The quantitative estimate of drug-likeness (QED) is 0.579. The van der Waals surface area contributed by atoms with Crippen LogP contribution in [0.4, 0.5) is 11.4 Å². The molecule has 0 aliphatic carbocycles. The van der Waals surface area contributed by atoms with Gasteiger partial charge in [0.05, 0.1) is 0 Å². The van der Waals surface area contributed by atoms with Crippen LogP contribution in [0.5, 0.6) is 0 Å². The largest absolute Gasteiger partial charge is 0.128 e. The van der Waals surface area contributed by atoms with Crippen LogP contribution in [0.25, 0.3) is 0 Å². The lowest BCUT2D eigenvalue weighted by molar-refractivity contribution is 0.916. The van der Waals surface area contributed by atoms with Crippen LogP contribution in [0.3, 0.4) is 0 Å². The Balaban J connectivity index is 2.82. The fourth-order valence-electron chi connectivity index (χ4n) is 1.63. The molecule has 0 unspecified atom stereocenters. The third kappa shape index (κ3) is 0.963. The van der Waals surface area contributed by atoms with E-state index in [0.29, 0.717) is 0 Å². The summed E-state index contributed by atoms with van der Waals surface area (Å²) in [6.45, 7) is 8.37. The smallest absolute Gasteiger partial charge is 0.119 e. The van der Waals surface area contributed by atoms with Crippen LogP contribution >= 0.6 is 0 Å². The lowest BCUT2D eigenvalue weighted by Gasteiger charge is -2.11. The minimum Gasteiger partial charge on any atom is -0.128 e. The average Bonchev–Trinajstić information content (AvgIpc) is 2.59. The van der Waals surface area contributed by atoms with Gasteiger partial charge in [-0.2, -0.15) is 0 Å². The van der Waals surface area contributed by atoms with Crippen LogP contribution in [0.2, 0.25) is 0 Å². The molecule has 2 rings (SSSR count). The molecule has 1 radical (unpaired) electrons. The number of nitrogens with zero attached hydrogens (tertiary/aromatic N) is 3. The molecule has 0 atom stereocenters. The molecule has 0 fully saturated rings. The summed E-state index contributed by atoms with van der Waals surface area (Å²) in [7, 11) is 0. The standard InChI is InChI=1S/C10H12N3/c1-5-6(2)8(4)10-9(7(5)3)11-13-12-10/h1-4H3. The zero-order chi connectivity index (χ0) is 9.59. The summed E-state index contributed by atoms with van der Waals surface area (Å²) in [6, 6.07) is 0. The first-order valence-corrected chi connectivity index (χ1v) is 4.35. The molecule has 13 heavy (non-hydrogen) atoms. The zero-order valence-corrected chi connectivity index (χ0v) is 8.34. The van der Waals surface area contributed by atoms with Crippen molar-refractivity contribution in [1.29, 1.82) is 0 Å². The van der Waals surface area contributed by atoms with Crippen molar-refractivity contribution in [2.24, 2.45) is 10.3 Å². The first-order valence-electron chi connectivity index (χ1n) is 4.35. The Morgan fingerprint density at radius 3 is 1.85 bits per heavy atom. The van der Waals surface area contributed by atoms with Crippen LogP contribution in [-0.2, 0) is 0 Å². The number of hydrogen-bond donors (Lipinski definition) is 0. The van der Waals surface area contributed by atoms with E-state index in [4.69, 9.17) is 0 Å². The molecular weight excluding hydrogens is 162 g/mol. The van der Waals surface area contributed by atoms with Gasteiger partial charge in [-0.3, -0.25) is 0 Å². The predicted molar refractivity (Wildman–Crippen MR) is 51.7 cm³/mol. The molecule has 1 aliphatic heterocycles. The van der Waals surface area contributed by atoms with Crippen molar-refractivity contribution >= 4 is 11.4 Å². The van der Waals surface area contributed by atoms with Gasteiger partial charge in [0.15, 0.2) is 0 Å². The van der Waals surface area contributed by atoms with Crippen molar-refractivity contribution in [3.05, 3.63) is 22.3 Å². The highest BCUT2D eigenvalue weighted by molar-refractivity contribution is 5.73. The first-order chi connectivity index (χ1) is 6.13. The van der Waals surface area contributed by atoms with Crippen molar-refractivity contribution < 1.29 is 0 Å². The van der Waals surface area contributed by atoms with Gasteiger partial charge in [-0.15, -0.1) is 10.5 Å². The van der Waals surface area contributed by atoms with Gasteiger partial charge in [0.25, 0.3) is 0 Å². The van der Waals surface area contributed by atoms with Crippen molar-refractivity contribution in [1.82, 2.24) is 5.43 Å². The molecule has 0 amide bonds. The van der Waals surface area contributed by atoms with Crippen LogP contribution in [0.1, 0.15) is 22.3 Å². The molecule has 0 spiro atoms. The Morgan fingerprint density at radius 1 is 0.692 bits per heavy atom. The van der Waals surface area contributed by atoms with E-state index >= 15 is 0 Å². The lowest BCUT2D eigenvalue weighted by atomic mass is 9.96. The maximum atomic E-state index is 4.02. The Morgan fingerprint density at radius 2 is 1.23 bits per heavy atom. The van der Waals surface area contributed by atoms with Crippen molar-refractivity contribution in [3.63, 3.8) is 0 Å². The molecule has 0 saturated carbocycles. The van der Waals surface area contributed by atoms with E-state index in [1.54, 1.807) is 0 Å². The Kier molecular flexibility index (Phi) is 1.62. The van der Waals surface area contributed by atoms with Gasteiger partial charge in [-0.25, -0.2) is 0 Å². The second-order valence-electron chi connectivity index (χ2n) is 3.49. The molecule has 1 heterocycles. The highest BCUT2D eigenvalue weighted by Crippen LogP contribution is 2.40. The Bertz CT molecular complexity index is 405. The van der Waals surface area contributed by atoms with E-state index in [2.05, 4.69) is 43.5 Å². The van der Waals surface area contributed by atoms with Crippen LogP contribution in [0, 0.1) is 27.7 Å². The summed E-state index contributed by atoms with van der Waals surface area (Å²) >= 11 is 0. The Labute approximate surface area is 77.9 Å². The van der Waals surface area contributed by atoms with E-state index in [-0.39, 0.29) is 0 Å². The third-order valence-corrected chi connectivity index (χ3v) is 2.91. The molecular formula is C10H12N3. The van der Waals surface area contributed by atoms with E-state index < -0.39 is 0 Å². The second kappa shape index (κ2) is 2.55. The van der Waals surface area contributed by atoms with E-state index in [1.807, 2.05) is 0 Å². The monoisotopic (exact) mass is 174 g/mol. The van der Waals surface area contributed by atoms with Crippen LogP contribution in [0.15, 0.2) is 10.3 Å². The number of fused-ring (bicyclic) bond motifs is 1. The van der Waals surface area contributed by atoms with Crippen molar-refractivity contribution in [2.75, 3.05) is 0 Å². The van der Waals surface area contributed by atoms with Gasteiger partial charge in [0.1, 0.15) is 11.4 Å². The highest BCUT2D eigenvalue weighted by atomic mass is 15.5. The van der Waals surface area contributed by atoms with Crippen LogP contribution < -0.4 is 5.43 Å². The number of hydrogen-bond acceptors (Lipinski definition) is 2. The molecule has 1 aromatic carbocycles. The van der Waals surface area contributed by atoms with Crippen molar-refractivity contribution in [2.45, 2.75) is 27.7 Å². The second-order valence-corrected chi connectivity index (χ2v) is 3.49. The molecule has 67 valence electrons. The molecule has 0 saturated heterocycles. The average molecular weight is 174 g/mol. The fourth-order valence-corrected chi connectivity index (χ4v) is 1.63. The van der Waals surface area contributed by atoms with Gasteiger partial charge in [-0.1, -0.05) is 0 Å². The molecule has 0 aromatic heterocycles. The third-order valence-electron chi connectivity index (χ3n) is 2.91. The SMILES string of the molecule is Cc1c(C)c(C)c2c(c1C)[N]N=N2. The minimum absolute atomic E-state index is 0.945. The van der Waals surface area contributed by atoms with E-state index in [9.17, 15) is 0 Å². The summed E-state index contributed by atoms with van der Waals surface area (Å²) in [5.41, 5.74) is 10.9. The first kappa shape index (κ1) is 8.23. The van der Waals surface area contributed by atoms with E-state index in [1.165, 1.54) is 22.3 Å². The normalized spacial score (nSPS) is 12.9. The Hall–Kier alpha value is -1.38. The fraction of sp³-hybridized carbons (Fsp3) is 0.400. The summed E-state index contributed by atoms with van der Waals surface area (Å²) in [6.07, 6.45) is 0. The summed E-state index contributed by atoms with van der Waals surface area (Å²) < 4.78 is 0. The lowest BCUT2D eigenvalue weighted by Crippen LogP contribution is -1.94. The molecule has 0 bridgehead atoms. The van der Waals surface area contributed by atoms with Gasteiger partial charge < -0.3 is 0 Å². The summed E-state index contributed by atoms with van der Waals surface area (Å²) in [4.78, 5) is 0. The van der Waals surface area contributed by atoms with E-state index in [0.717, 1.165) is 11.4 Å². The number of benzene rings is 1. The van der Waals surface area contributed by atoms with Gasteiger partial charge >= 0.3 is 0 Å². The minimum atomic E-state index is 0.945. The maximum absolute atomic E-state index is 4.02. The topological polar surface area (TPSA) is 38.8 Å². The van der Waals surface area contributed by atoms with Crippen LogP contribution in [-0.4, -0.2) is 0 Å². The molecule has 0 N–H and O–H groups in total. The van der Waals surface area contributed by atoms with Gasteiger partial charge in [0.2, 0.25) is 0 Å². The molecule has 3 heteroatoms. The van der Waals surface area contributed by atoms with Gasteiger partial charge in [0, 0.05) is 0 Å². The summed E-state index contributed by atoms with van der Waals surface area (Å²) in [5.74, 6) is 0. The molecule has 1 aliphatic rings. The highest BCUT2D eigenvalue weighted by Gasteiger charge is 2.19. The molecule has 1 aromatic rings. The number of rotatable bonds is 0. The maximum Gasteiger partial charge on any atom is 0.119 e. The zero-order valence-electron chi connectivity index (χ0n) is 8.34. The van der Waals surface area contributed by atoms with Crippen molar-refractivity contribution in [3.8, 4) is 0 Å². The predicted octanol–water partition coefficient (Wildman–Crippen LogP) is 3.17.